The topological polar surface area (TPSA) is 52.4 Å². The van der Waals surface area contributed by atoms with E-state index in [0.717, 1.165) is 24.3 Å². The monoisotopic (exact) mass is 407 g/mol. The molecule has 0 N–H and O–H groups in total. The maximum atomic E-state index is 13.3. The fourth-order valence-corrected chi connectivity index (χ4v) is 2.17. The minimum Gasteiger partial charge on any atom is -0.449 e. The van der Waals surface area contributed by atoms with Gasteiger partial charge in [-0.05, 0) is 50.1 Å². The molecule has 0 amide bonds. The predicted octanol–water partition coefficient (Wildman–Crippen LogP) is 5.19. The molecule has 8 heteroatoms. The number of hydrogen-bond acceptors (Lipinski definition) is 3. The summed E-state index contributed by atoms with van der Waals surface area (Å²) in [5.74, 6) is -1.25. The Hall–Kier alpha value is -1.54. The van der Waals surface area contributed by atoms with E-state index in [1.807, 2.05) is 0 Å². The lowest BCUT2D eigenvalue weighted by Gasteiger charge is -2.09. The van der Waals surface area contributed by atoms with Crippen LogP contribution in [0.1, 0.15) is 0 Å². The van der Waals surface area contributed by atoms with Crippen molar-refractivity contribution in [1.82, 2.24) is 0 Å². The second-order valence-electron chi connectivity index (χ2n) is 3.67. The number of hydrogen-bond donors (Lipinski definition) is 0. The molecule has 0 atom stereocenters. The van der Waals surface area contributed by atoms with E-state index in [1.165, 1.54) is 6.07 Å². The molecule has 0 radical (unpaired) electrons. The Kier molecular flexibility index (Phi) is 4.34. The van der Waals surface area contributed by atoms with Gasteiger partial charge in [0.2, 0.25) is 5.75 Å². The first-order valence-electron chi connectivity index (χ1n) is 5.15. The Morgan fingerprint density at radius 2 is 1.75 bits per heavy atom. The number of nitro benzene ring substituents is 1. The number of rotatable bonds is 3. The largest absolute Gasteiger partial charge is 0.449 e. The molecule has 0 unspecified atom stereocenters. The molecular formula is C12H5Br2F2NO3. The zero-order valence-electron chi connectivity index (χ0n) is 9.57. The molecule has 2 rings (SSSR count). The van der Waals surface area contributed by atoms with Crippen molar-refractivity contribution >= 4 is 37.5 Å². The molecule has 0 aromatic heterocycles. The van der Waals surface area contributed by atoms with Gasteiger partial charge in [0.25, 0.3) is 0 Å². The van der Waals surface area contributed by atoms with Gasteiger partial charge in [-0.15, -0.1) is 0 Å². The SMILES string of the molecule is O=[N+]([O-])c1cc(F)c(Br)cc1Oc1ccc(F)cc1Br. The Bertz CT molecular complexity index is 695. The van der Waals surface area contributed by atoms with Crippen LogP contribution in [0.25, 0.3) is 0 Å². The minimum absolute atomic E-state index is 0.0244. The van der Waals surface area contributed by atoms with Crippen LogP contribution in [0, 0.1) is 21.7 Å². The molecule has 2 aromatic rings. The normalized spacial score (nSPS) is 10.4. The van der Waals surface area contributed by atoms with Gasteiger partial charge in [-0.1, -0.05) is 0 Å². The maximum absolute atomic E-state index is 13.3. The van der Waals surface area contributed by atoms with Crippen LogP contribution in [-0.2, 0) is 0 Å². The summed E-state index contributed by atoms with van der Waals surface area (Å²) < 4.78 is 31.9. The van der Waals surface area contributed by atoms with Crippen LogP contribution in [0.4, 0.5) is 14.5 Å². The Balaban J connectivity index is 2.47. The zero-order chi connectivity index (χ0) is 14.9. The Labute approximate surface area is 128 Å². The van der Waals surface area contributed by atoms with Crippen LogP contribution in [0.5, 0.6) is 11.5 Å². The average molecular weight is 409 g/mol. The summed E-state index contributed by atoms with van der Waals surface area (Å²) in [6.07, 6.45) is 0. The molecule has 4 nitrogen and oxygen atoms in total. The first-order chi connectivity index (χ1) is 9.38. The van der Waals surface area contributed by atoms with Crippen molar-refractivity contribution in [2.75, 3.05) is 0 Å². The summed E-state index contributed by atoms with van der Waals surface area (Å²) in [6.45, 7) is 0. The van der Waals surface area contributed by atoms with Crippen LogP contribution in [0.15, 0.2) is 39.3 Å². The number of nitro groups is 1. The molecule has 0 spiro atoms. The van der Waals surface area contributed by atoms with Crippen molar-refractivity contribution in [3.05, 3.63) is 61.0 Å². The minimum atomic E-state index is -0.776. The summed E-state index contributed by atoms with van der Waals surface area (Å²) in [5.41, 5.74) is -0.526. The average Bonchev–Trinajstić information content (AvgIpc) is 2.36. The van der Waals surface area contributed by atoms with Crippen molar-refractivity contribution in [3.63, 3.8) is 0 Å². The number of halogens is 4. The van der Waals surface area contributed by atoms with E-state index < -0.39 is 22.2 Å². The van der Waals surface area contributed by atoms with Gasteiger partial charge in [0, 0.05) is 6.07 Å². The van der Waals surface area contributed by atoms with E-state index in [0.29, 0.717) is 0 Å². The quantitative estimate of drug-likeness (QED) is 0.518. The molecule has 0 heterocycles. The maximum Gasteiger partial charge on any atom is 0.314 e. The van der Waals surface area contributed by atoms with Crippen LogP contribution in [0.3, 0.4) is 0 Å². The molecule has 20 heavy (non-hydrogen) atoms. The standard InChI is InChI=1S/C12H5Br2F2NO3/c13-7-4-12(10(17(18)19)5-9(7)16)20-11-2-1-6(15)3-8(11)14/h1-5H. The first-order valence-corrected chi connectivity index (χ1v) is 6.73. The summed E-state index contributed by atoms with van der Waals surface area (Å²) in [4.78, 5) is 10.1. The van der Waals surface area contributed by atoms with Crippen LogP contribution >= 0.6 is 31.9 Å². The molecule has 0 saturated carbocycles. The molecule has 0 aliphatic carbocycles. The molecule has 0 aliphatic rings. The van der Waals surface area contributed by atoms with Gasteiger partial charge >= 0.3 is 5.69 Å². The highest BCUT2D eigenvalue weighted by Gasteiger charge is 2.20. The van der Waals surface area contributed by atoms with E-state index in [1.54, 1.807) is 0 Å². The highest BCUT2D eigenvalue weighted by Crippen LogP contribution is 2.38. The van der Waals surface area contributed by atoms with Gasteiger partial charge in [-0.25, -0.2) is 8.78 Å². The van der Waals surface area contributed by atoms with Gasteiger partial charge in [0.15, 0.2) is 0 Å². The van der Waals surface area contributed by atoms with Crippen LogP contribution < -0.4 is 4.74 Å². The van der Waals surface area contributed by atoms with Crippen molar-refractivity contribution in [1.29, 1.82) is 0 Å². The highest BCUT2D eigenvalue weighted by molar-refractivity contribution is 9.10. The number of benzene rings is 2. The molecular weight excluding hydrogens is 404 g/mol. The van der Waals surface area contributed by atoms with Crippen molar-refractivity contribution < 1.29 is 18.4 Å². The highest BCUT2D eigenvalue weighted by atomic mass is 79.9. The summed E-state index contributed by atoms with van der Waals surface area (Å²) in [5, 5.41) is 10.9. The van der Waals surface area contributed by atoms with E-state index in [4.69, 9.17) is 4.74 Å². The van der Waals surface area contributed by atoms with Gasteiger partial charge < -0.3 is 4.74 Å². The first kappa shape index (κ1) is 14.9. The lowest BCUT2D eigenvalue weighted by atomic mass is 10.3. The van der Waals surface area contributed by atoms with Crippen LogP contribution in [0.2, 0.25) is 0 Å². The van der Waals surface area contributed by atoms with Gasteiger partial charge in [-0.3, -0.25) is 10.1 Å². The van der Waals surface area contributed by atoms with E-state index in [9.17, 15) is 18.9 Å². The fraction of sp³-hybridized carbons (Fsp3) is 0. The fourth-order valence-electron chi connectivity index (χ4n) is 1.42. The summed E-state index contributed by atoms with van der Waals surface area (Å²) in [7, 11) is 0. The van der Waals surface area contributed by atoms with Crippen LogP contribution in [-0.4, -0.2) is 4.92 Å². The molecule has 104 valence electrons. The second-order valence-corrected chi connectivity index (χ2v) is 5.38. The molecule has 0 fully saturated rings. The number of ether oxygens (including phenoxy) is 1. The Morgan fingerprint density at radius 3 is 2.35 bits per heavy atom. The third kappa shape index (κ3) is 3.13. The van der Waals surface area contributed by atoms with E-state index in [-0.39, 0.29) is 20.4 Å². The van der Waals surface area contributed by atoms with Crippen molar-refractivity contribution in [2.45, 2.75) is 0 Å². The Morgan fingerprint density at radius 1 is 1.05 bits per heavy atom. The third-order valence-corrected chi connectivity index (χ3v) is 3.54. The van der Waals surface area contributed by atoms with Crippen molar-refractivity contribution in [3.8, 4) is 11.5 Å². The number of nitrogens with zero attached hydrogens (tertiary/aromatic N) is 1. The predicted molar refractivity (Wildman–Crippen MR) is 74.9 cm³/mol. The second kappa shape index (κ2) is 5.84. The zero-order valence-corrected chi connectivity index (χ0v) is 12.7. The van der Waals surface area contributed by atoms with Gasteiger partial charge in [-0.2, -0.15) is 0 Å². The smallest absolute Gasteiger partial charge is 0.314 e. The van der Waals surface area contributed by atoms with E-state index >= 15 is 0 Å². The summed E-state index contributed by atoms with van der Waals surface area (Å²) in [6, 6.07) is 5.49. The molecule has 2 aromatic carbocycles. The van der Waals surface area contributed by atoms with E-state index in [2.05, 4.69) is 31.9 Å². The summed E-state index contributed by atoms with van der Waals surface area (Å²) >= 11 is 6.00. The molecule has 0 aliphatic heterocycles. The lowest BCUT2D eigenvalue weighted by Crippen LogP contribution is -1.96. The third-order valence-electron chi connectivity index (χ3n) is 2.31. The molecule has 0 saturated heterocycles. The lowest BCUT2D eigenvalue weighted by molar-refractivity contribution is -0.385. The van der Waals surface area contributed by atoms with Crippen molar-refractivity contribution in [2.24, 2.45) is 0 Å². The van der Waals surface area contributed by atoms with Gasteiger partial charge in [0.1, 0.15) is 17.4 Å². The van der Waals surface area contributed by atoms with Gasteiger partial charge in [0.05, 0.1) is 19.9 Å². The molecule has 0 bridgehead atoms.